The lowest BCUT2D eigenvalue weighted by Crippen LogP contribution is -2.09. The van der Waals surface area contributed by atoms with Crippen LogP contribution >= 0.6 is 0 Å². The zero-order valence-corrected chi connectivity index (χ0v) is 13.1. The van der Waals surface area contributed by atoms with Gasteiger partial charge in [0, 0.05) is 5.56 Å². The molecule has 0 fully saturated rings. The van der Waals surface area contributed by atoms with Gasteiger partial charge in [0.05, 0.1) is 9.79 Å². The molecule has 1 atom stereocenters. The molecule has 0 aliphatic heterocycles. The van der Waals surface area contributed by atoms with Crippen LogP contribution in [-0.4, -0.2) is 13.5 Å². The molecule has 3 aromatic carbocycles. The molecule has 1 unspecified atom stereocenters. The highest BCUT2D eigenvalue weighted by atomic mass is 32.2. The standard InChI is InChI=1S/C19H16O3S/c20-19(15-9-3-1-4-10-15)17-13-7-8-14-18(17)23(21,22)16-11-5-2-6-12-16/h1-14,19-20H. The largest absolute Gasteiger partial charge is 0.384 e. The second-order valence-corrected chi connectivity index (χ2v) is 7.09. The Balaban J connectivity index is 2.12. The van der Waals surface area contributed by atoms with E-state index < -0.39 is 15.9 Å². The Morgan fingerprint density at radius 2 is 1.22 bits per heavy atom. The van der Waals surface area contributed by atoms with E-state index in [0.717, 1.165) is 0 Å². The Hall–Kier alpha value is -2.43. The van der Waals surface area contributed by atoms with Gasteiger partial charge >= 0.3 is 0 Å². The number of aliphatic hydroxyl groups is 1. The maximum Gasteiger partial charge on any atom is 0.206 e. The molecule has 1 N–H and O–H groups in total. The summed E-state index contributed by atoms with van der Waals surface area (Å²) in [6.07, 6.45) is -0.995. The average Bonchev–Trinajstić information content (AvgIpc) is 2.62. The van der Waals surface area contributed by atoms with Crippen LogP contribution in [0.15, 0.2) is 94.7 Å². The minimum atomic E-state index is -3.68. The molecule has 0 aliphatic carbocycles. The summed E-state index contributed by atoms with van der Waals surface area (Å²) in [5.41, 5.74) is 1.03. The summed E-state index contributed by atoms with van der Waals surface area (Å²) in [7, 11) is -3.68. The van der Waals surface area contributed by atoms with Gasteiger partial charge < -0.3 is 5.11 Å². The highest BCUT2D eigenvalue weighted by Crippen LogP contribution is 2.31. The van der Waals surface area contributed by atoms with Crippen molar-refractivity contribution in [3.63, 3.8) is 0 Å². The molecule has 4 heteroatoms. The van der Waals surface area contributed by atoms with E-state index in [4.69, 9.17) is 0 Å². The Morgan fingerprint density at radius 3 is 1.87 bits per heavy atom. The van der Waals surface area contributed by atoms with Crippen molar-refractivity contribution in [1.82, 2.24) is 0 Å². The number of hydrogen-bond donors (Lipinski definition) is 1. The minimum absolute atomic E-state index is 0.127. The first-order valence-electron chi connectivity index (χ1n) is 7.23. The highest BCUT2D eigenvalue weighted by Gasteiger charge is 2.24. The molecule has 23 heavy (non-hydrogen) atoms. The molecule has 0 heterocycles. The van der Waals surface area contributed by atoms with Crippen LogP contribution in [0.2, 0.25) is 0 Å². The molecule has 0 aliphatic rings. The lowest BCUT2D eigenvalue weighted by molar-refractivity contribution is 0.217. The Labute approximate surface area is 135 Å². The number of rotatable bonds is 4. The van der Waals surface area contributed by atoms with Crippen molar-refractivity contribution in [1.29, 1.82) is 0 Å². The number of hydrogen-bond acceptors (Lipinski definition) is 3. The van der Waals surface area contributed by atoms with E-state index in [9.17, 15) is 13.5 Å². The average molecular weight is 324 g/mol. The molecular formula is C19H16O3S. The van der Waals surface area contributed by atoms with Crippen LogP contribution in [0.1, 0.15) is 17.2 Å². The molecule has 3 aromatic rings. The molecule has 0 bridgehead atoms. The first kappa shape index (κ1) is 15.5. The quantitative estimate of drug-likeness (QED) is 0.798. The molecular weight excluding hydrogens is 308 g/mol. The summed E-state index contributed by atoms with van der Waals surface area (Å²) in [6, 6.07) is 23.8. The van der Waals surface area contributed by atoms with E-state index >= 15 is 0 Å². The van der Waals surface area contributed by atoms with E-state index in [0.29, 0.717) is 11.1 Å². The van der Waals surface area contributed by atoms with E-state index in [1.165, 1.54) is 6.07 Å². The fourth-order valence-electron chi connectivity index (χ4n) is 2.49. The van der Waals surface area contributed by atoms with Crippen LogP contribution in [0.3, 0.4) is 0 Å². The summed E-state index contributed by atoms with van der Waals surface area (Å²) in [4.78, 5) is 0.343. The normalized spacial score (nSPS) is 12.7. The minimum Gasteiger partial charge on any atom is -0.384 e. The van der Waals surface area contributed by atoms with Gasteiger partial charge in [-0.3, -0.25) is 0 Å². The van der Waals surface area contributed by atoms with Gasteiger partial charge in [-0.05, 0) is 23.8 Å². The molecule has 0 saturated carbocycles. The third-order valence-corrected chi connectivity index (χ3v) is 5.52. The van der Waals surface area contributed by atoms with E-state index in [-0.39, 0.29) is 9.79 Å². The van der Waals surface area contributed by atoms with E-state index in [2.05, 4.69) is 0 Å². The molecule has 3 rings (SSSR count). The molecule has 0 amide bonds. The summed E-state index contributed by atoms with van der Waals surface area (Å²) in [5, 5.41) is 10.6. The van der Waals surface area contributed by atoms with E-state index in [1.54, 1.807) is 60.7 Å². The lowest BCUT2D eigenvalue weighted by Gasteiger charge is -2.16. The monoisotopic (exact) mass is 324 g/mol. The zero-order valence-electron chi connectivity index (χ0n) is 12.3. The highest BCUT2D eigenvalue weighted by molar-refractivity contribution is 7.91. The van der Waals surface area contributed by atoms with Crippen molar-refractivity contribution < 1.29 is 13.5 Å². The maximum absolute atomic E-state index is 12.9. The molecule has 3 nitrogen and oxygen atoms in total. The van der Waals surface area contributed by atoms with Crippen LogP contribution in [0.4, 0.5) is 0 Å². The maximum atomic E-state index is 12.9. The fraction of sp³-hybridized carbons (Fsp3) is 0.0526. The van der Waals surface area contributed by atoms with Crippen molar-refractivity contribution in [2.45, 2.75) is 15.9 Å². The number of benzene rings is 3. The van der Waals surface area contributed by atoms with Gasteiger partial charge in [-0.1, -0.05) is 66.7 Å². The molecule has 116 valence electrons. The third-order valence-electron chi connectivity index (χ3n) is 3.67. The lowest BCUT2D eigenvalue weighted by atomic mass is 10.0. The van der Waals surface area contributed by atoms with Crippen LogP contribution < -0.4 is 0 Å². The summed E-state index contributed by atoms with van der Waals surface area (Å²) >= 11 is 0. The van der Waals surface area contributed by atoms with Gasteiger partial charge in [-0.25, -0.2) is 8.42 Å². The Kier molecular flexibility index (Phi) is 4.28. The molecule has 0 aromatic heterocycles. The zero-order chi connectivity index (χ0) is 16.3. The predicted molar refractivity (Wildman–Crippen MR) is 88.8 cm³/mol. The van der Waals surface area contributed by atoms with Gasteiger partial charge in [0.15, 0.2) is 0 Å². The second-order valence-electron chi connectivity index (χ2n) is 5.17. The SMILES string of the molecule is O=S(=O)(c1ccccc1)c1ccccc1C(O)c1ccccc1. The number of sulfone groups is 1. The summed E-state index contributed by atoms with van der Waals surface area (Å²) in [5.74, 6) is 0. The van der Waals surface area contributed by atoms with E-state index in [1.807, 2.05) is 18.2 Å². The Morgan fingerprint density at radius 1 is 0.696 bits per heavy atom. The van der Waals surface area contributed by atoms with Gasteiger partial charge in [0.1, 0.15) is 6.10 Å². The van der Waals surface area contributed by atoms with Gasteiger partial charge in [-0.15, -0.1) is 0 Å². The van der Waals surface area contributed by atoms with Gasteiger partial charge in [0.25, 0.3) is 0 Å². The van der Waals surface area contributed by atoms with Crippen LogP contribution in [0.25, 0.3) is 0 Å². The fourth-order valence-corrected chi connectivity index (χ4v) is 4.01. The first-order chi connectivity index (χ1) is 11.1. The van der Waals surface area contributed by atoms with Crippen molar-refractivity contribution in [3.05, 3.63) is 96.1 Å². The van der Waals surface area contributed by atoms with Crippen LogP contribution in [-0.2, 0) is 9.84 Å². The van der Waals surface area contributed by atoms with Crippen molar-refractivity contribution in [2.24, 2.45) is 0 Å². The molecule has 0 saturated heterocycles. The van der Waals surface area contributed by atoms with Crippen molar-refractivity contribution >= 4 is 9.84 Å². The van der Waals surface area contributed by atoms with Crippen molar-refractivity contribution in [3.8, 4) is 0 Å². The van der Waals surface area contributed by atoms with Gasteiger partial charge in [0.2, 0.25) is 9.84 Å². The molecule has 0 radical (unpaired) electrons. The third kappa shape index (κ3) is 3.04. The smallest absolute Gasteiger partial charge is 0.206 e. The molecule has 0 spiro atoms. The van der Waals surface area contributed by atoms with Crippen LogP contribution in [0.5, 0.6) is 0 Å². The Bertz CT molecular complexity index is 888. The summed E-state index contributed by atoms with van der Waals surface area (Å²) < 4.78 is 25.8. The predicted octanol–water partition coefficient (Wildman–Crippen LogP) is 3.60. The summed E-state index contributed by atoms with van der Waals surface area (Å²) in [6.45, 7) is 0. The van der Waals surface area contributed by atoms with Crippen LogP contribution in [0, 0.1) is 0 Å². The second kappa shape index (κ2) is 6.36. The van der Waals surface area contributed by atoms with Gasteiger partial charge in [-0.2, -0.15) is 0 Å². The number of aliphatic hydroxyl groups excluding tert-OH is 1. The first-order valence-corrected chi connectivity index (χ1v) is 8.71. The topological polar surface area (TPSA) is 54.4 Å². The van der Waals surface area contributed by atoms with Crippen molar-refractivity contribution in [2.75, 3.05) is 0 Å².